The van der Waals surface area contributed by atoms with Gasteiger partial charge in [0.25, 0.3) is 0 Å². The zero-order valence-electron chi connectivity index (χ0n) is 17.5. The van der Waals surface area contributed by atoms with Crippen LogP contribution >= 0.6 is 11.3 Å². The number of aromatic nitrogens is 1. The van der Waals surface area contributed by atoms with E-state index in [0.29, 0.717) is 19.0 Å². The van der Waals surface area contributed by atoms with Crippen molar-refractivity contribution in [1.82, 2.24) is 9.88 Å². The third-order valence-electron chi connectivity index (χ3n) is 5.69. The number of hydrogen-bond donors (Lipinski definition) is 0. The lowest BCUT2D eigenvalue weighted by Gasteiger charge is -2.32. The first-order valence-electron chi connectivity index (χ1n) is 10.0. The van der Waals surface area contributed by atoms with Crippen LogP contribution in [0.15, 0.2) is 46.2 Å². The highest BCUT2D eigenvalue weighted by atomic mass is 32.1. The molecule has 0 saturated carbocycles. The van der Waals surface area contributed by atoms with Gasteiger partial charge in [0.05, 0.1) is 12.0 Å². The Morgan fingerprint density at radius 2 is 2.20 bits per heavy atom. The van der Waals surface area contributed by atoms with E-state index in [9.17, 15) is 4.79 Å². The fourth-order valence-electron chi connectivity index (χ4n) is 3.90. The number of rotatable bonds is 7. The molecule has 0 aliphatic carbocycles. The number of nitrogens with zero attached hydrogens (tertiary/aromatic N) is 2. The van der Waals surface area contributed by atoms with Crippen LogP contribution in [0.3, 0.4) is 0 Å². The molecular formula is C23H26N2O4S. The lowest BCUT2D eigenvalue weighted by molar-refractivity contribution is -0.152. The van der Waals surface area contributed by atoms with Crippen LogP contribution in [-0.2, 0) is 22.7 Å². The minimum Gasteiger partial charge on any atom is -0.487 e. The second-order valence-corrected chi connectivity index (χ2v) is 8.67. The van der Waals surface area contributed by atoms with Crippen LogP contribution < -0.4 is 4.74 Å². The normalized spacial score (nSPS) is 19.2. The van der Waals surface area contributed by atoms with E-state index in [-0.39, 0.29) is 5.97 Å². The SMILES string of the molecule is COC(=O)C1(C)CCCN1Cc1cccc(OCc2nc(-c3cccs3)oc2C)c1. The molecule has 2 aromatic heterocycles. The van der Waals surface area contributed by atoms with Gasteiger partial charge in [-0.05, 0) is 62.4 Å². The Hall–Kier alpha value is -2.64. The summed E-state index contributed by atoms with van der Waals surface area (Å²) in [6.45, 7) is 5.76. The maximum Gasteiger partial charge on any atom is 0.326 e. The molecule has 1 unspecified atom stereocenters. The highest BCUT2D eigenvalue weighted by molar-refractivity contribution is 7.13. The zero-order valence-corrected chi connectivity index (χ0v) is 18.3. The molecule has 7 heteroatoms. The fraction of sp³-hybridized carbons (Fsp3) is 0.391. The molecule has 1 aliphatic heterocycles. The predicted molar refractivity (Wildman–Crippen MR) is 115 cm³/mol. The molecule has 1 aliphatic rings. The van der Waals surface area contributed by atoms with Gasteiger partial charge in [-0.1, -0.05) is 18.2 Å². The van der Waals surface area contributed by atoms with Gasteiger partial charge in [0.15, 0.2) is 0 Å². The smallest absolute Gasteiger partial charge is 0.326 e. The Kier molecular flexibility index (Phi) is 5.92. The second kappa shape index (κ2) is 8.62. The van der Waals surface area contributed by atoms with Crippen LogP contribution in [-0.4, -0.2) is 35.0 Å². The summed E-state index contributed by atoms with van der Waals surface area (Å²) in [7, 11) is 1.45. The van der Waals surface area contributed by atoms with E-state index in [0.717, 1.165) is 47.0 Å². The first-order valence-corrected chi connectivity index (χ1v) is 10.9. The average molecular weight is 427 g/mol. The number of carbonyl (C=O) groups excluding carboxylic acids is 1. The van der Waals surface area contributed by atoms with Crippen molar-refractivity contribution in [3.05, 3.63) is 58.8 Å². The lowest BCUT2D eigenvalue weighted by atomic mass is 9.98. The van der Waals surface area contributed by atoms with Crippen LogP contribution in [0.5, 0.6) is 5.75 Å². The van der Waals surface area contributed by atoms with Gasteiger partial charge < -0.3 is 13.9 Å². The standard InChI is InChI=1S/C23H26N2O4S/c1-16-19(24-21(29-16)20-9-5-12-30-20)15-28-18-8-4-7-17(13-18)14-25-11-6-10-23(25,2)22(26)27-3/h4-5,7-9,12-13H,6,10-11,14-15H2,1-3H3. The first kappa shape index (κ1) is 20.6. The van der Waals surface area contributed by atoms with Crippen molar-refractivity contribution in [3.8, 4) is 16.5 Å². The van der Waals surface area contributed by atoms with Crippen LogP contribution in [0.1, 0.15) is 36.8 Å². The van der Waals surface area contributed by atoms with Gasteiger partial charge in [-0.25, -0.2) is 4.98 Å². The molecule has 0 bridgehead atoms. The Balaban J connectivity index is 1.43. The maximum atomic E-state index is 12.3. The highest BCUT2D eigenvalue weighted by Gasteiger charge is 2.44. The topological polar surface area (TPSA) is 64.8 Å². The molecule has 3 heterocycles. The molecule has 0 spiro atoms. The van der Waals surface area contributed by atoms with E-state index >= 15 is 0 Å². The fourth-order valence-corrected chi connectivity index (χ4v) is 4.55. The Labute approximate surface area is 180 Å². The molecule has 1 aromatic carbocycles. The van der Waals surface area contributed by atoms with Crippen LogP contribution in [0.4, 0.5) is 0 Å². The molecule has 0 N–H and O–H groups in total. The molecule has 4 rings (SSSR count). The van der Waals surface area contributed by atoms with E-state index in [4.69, 9.17) is 13.9 Å². The third-order valence-corrected chi connectivity index (χ3v) is 6.54. The quantitative estimate of drug-likeness (QED) is 0.505. The Morgan fingerprint density at radius 1 is 1.33 bits per heavy atom. The summed E-state index contributed by atoms with van der Waals surface area (Å²) in [6.07, 6.45) is 1.80. The molecule has 158 valence electrons. The van der Waals surface area contributed by atoms with Gasteiger partial charge in [0, 0.05) is 6.54 Å². The molecule has 1 atom stereocenters. The number of benzene rings is 1. The molecular weight excluding hydrogens is 400 g/mol. The Bertz CT molecular complexity index is 1010. The number of methoxy groups -OCH3 is 1. The molecule has 1 saturated heterocycles. The summed E-state index contributed by atoms with van der Waals surface area (Å²) >= 11 is 1.60. The summed E-state index contributed by atoms with van der Waals surface area (Å²) in [5.74, 6) is 1.99. The minimum absolute atomic E-state index is 0.171. The van der Waals surface area contributed by atoms with E-state index in [1.807, 2.05) is 49.6 Å². The van der Waals surface area contributed by atoms with Crippen molar-refractivity contribution in [2.75, 3.05) is 13.7 Å². The highest BCUT2D eigenvalue weighted by Crippen LogP contribution is 2.32. The van der Waals surface area contributed by atoms with Crippen molar-refractivity contribution < 1.29 is 18.7 Å². The van der Waals surface area contributed by atoms with Gasteiger partial charge in [-0.2, -0.15) is 0 Å². The zero-order chi connectivity index (χ0) is 21.1. The van der Waals surface area contributed by atoms with Crippen molar-refractivity contribution >= 4 is 17.3 Å². The number of likely N-dealkylation sites (tertiary alicyclic amines) is 1. The van der Waals surface area contributed by atoms with Crippen LogP contribution in [0.25, 0.3) is 10.8 Å². The summed E-state index contributed by atoms with van der Waals surface area (Å²) in [5.41, 5.74) is 1.32. The van der Waals surface area contributed by atoms with Crippen molar-refractivity contribution in [1.29, 1.82) is 0 Å². The summed E-state index contributed by atoms with van der Waals surface area (Å²) < 4.78 is 16.8. The summed E-state index contributed by atoms with van der Waals surface area (Å²) in [4.78, 5) is 20.1. The van der Waals surface area contributed by atoms with E-state index in [2.05, 4.69) is 16.0 Å². The van der Waals surface area contributed by atoms with Gasteiger partial charge in [0.1, 0.15) is 29.3 Å². The first-order chi connectivity index (χ1) is 14.5. The maximum absolute atomic E-state index is 12.3. The second-order valence-electron chi connectivity index (χ2n) is 7.73. The number of hydrogen-bond acceptors (Lipinski definition) is 7. The number of aryl methyl sites for hydroxylation is 1. The van der Waals surface area contributed by atoms with Crippen LogP contribution in [0, 0.1) is 6.92 Å². The Morgan fingerprint density at radius 3 is 2.97 bits per heavy atom. The molecule has 30 heavy (non-hydrogen) atoms. The number of carbonyl (C=O) groups is 1. The largest absolute Gasteiger partial charge is 0.487 e. The van der Waals surface area contributed by atoms with E-state index in [1.165, 1.54) is 7.11 Å². The molecule has 6 nitrogen and oxygen atoms in total. The number of ether oxygens (including phenoxy) is 2. The van der Waals surface area contributed by atoms with Crippen molar-refractivity contribution in [3.63, 3.8) is 0 Å². The van der Waals surface area contributed by atoms with Crippen LogP contribution in [0.2, 0.25) is 0 Å². The minimum atomic E-state index is -0.568. The van der Waals surface area contributed by atoms with Gasteiger partial charge in [-0.3, -0.25) is 9.69 Å². The van der Waals surface area contributed by atoms with Gasteiger partial charge >= 0.3 is 5.97 Å². The van der Waals surface area contributed by atoms with E-state index < -0.39 is 5.54 Å². The number of oxazole rings is 1. The molecule has 3 aromatic rings. The average Bonchev–Trinajstić information content (AvgIpc) is 3.48. The molecule has 0 radical (unpaired) electrons. The van der Waals surface area contributed by atoms with Gasteiger partial charge in [-0.15, -0.1) is 11.3 Å². The predicted octanol–water partition coefficient (Wildman–Crippen LogP) is 4.82. The monoisotopic (exact) mass is 426 g/mol. The van der Waals surface area contributed by atoms with E-state index in [1.54, 1.807) is 11.3 Å². The molecule has 1 fully saturated rings. The van der Waals surface area contributed by atoms with Crippen molar-refractivity contribution in [2.24, 2.45) is 0 Å². The van der Waals surface area contributed by atoms with Crippen molar-refractivity contribution in [2.45, 2.75) is 45.4 Å². The third kappa shape index (κ3) is 4.13. The summed E-state index contributed by atoms with van der Waals surface area (Å²) in [6, 6.07) is 12.0. The number of thiophene rings is 1. The van der Waals surface area contributed by atoms with Gasteiger partial charge in [0.2, 0.25) is 5.89 Å². The lowest BCUT2D eigenvalue weighted by Crippen LogP contribution is -2.48. The number of esters is 1. The summed E-state index contributed by atoms with van der Waals surface area (Å²) in [5, 5.41) is 2.00. The molecule has 0 amide bonds.